The Hall–Kier alpha value is -1.08. The van der Waals surface area contributed by atoms with E-state index in [4.69, 9.17) is 0 Å². The lowest BCUT2D eigenvalue weighted by atomic mass is 9.56. The number of fused-ring (bicyclic) bond motifs is 6. The van der Waals surface area contributed by atoms with Crippen molar-refractivity contribution in [1.82, 2.24) is 0 Å². The third kappa shape index (κ3) is 2.50. The van der Waals surface area contributed by atoms with Crippen LogP contribution in [-0.4, -0.2) is 0 Å². The lowest BCUT2D eigenvalue weighted by Gasteiger charge is -2.48. The van der Waals surface area contributed by atoms with Gasteiger partial charge in [0.25, 0.3) is 0 Å². The van der Waals surface area contributed by atoms with Gasteiger partial charge in [-0.1, -0.05) is 39.2 Å². The van der Waals surface area contributed by atoms with Crippen LogP contribution in [0, 0.1) is 35.5 Å². The van der Waals surface area contributed by atoms with Crippen molar-refractivity contribution in [3.05, 3.63) is 67.7 Å². The van der Waals surface area contributed by atoms with E-state index in [1.54, 1.807) is 5.56 Å². The molecule has 0 unspecified atom stereocenters. The maximum Gasteiger partial charge on any atom is 0.0275 e. The minimum atomic E-state index is 0.597. The fraction of sp³-hybridized carbons (Fsp3) is 0.613. The summed E-state index contributed by atoms with van der Waals surface area (Å²) in [5, 5.41) is 0. The standard InChI is InChI=1S/C31H35Br/c32-24-15-13-23(14-16-24)31-29-21-9-5-19(6-10-21)27(29)25-17-1-2-18(4-3-17)26(25)28-20-7-11-22(12-8-20)30(28)31/h13-22,31H,1-12H2. The Labute approximate surface area is 201 Å². The van der Waals surface area contributed by atoms with Crippen molar-refractivity contribution in [2.75, 3.05) is 0 Å². The molecule has 0 N–H and O–H groups in total. The molecule has 1 aromatic rings. The summed E-state index contributed by atoms with van der Waals surface area (Å²) in [6, 6.07) is 9.60. The van der Waals surface area contributed by atoms with Crippen LogP contribution in [0.3, 0.4) is 0 Å². The molecular formula is C31H35Br. The summed E-state index contributed by atoms with van der Waals surface area (Å²) in [6.07, 6.45) is 17.7. The van der Waals surface area contributed by atoms with Crippen LogP contribution in [-0.2, 0) is 0 Å². The first-order chi connectivity index (χ1) is 15.8. The second-order valence-corrected chi connectivity index (χ2v) is 13.1. The van der Waals surface area contributed by atoms with Crippen LogP contribution in [0.15, 0.2) is 62.2 Å². The van der Waals surface area contributed by atoms with Gasteiger partial charge >= 0.3 is 0 Å². The van der Waals surface area contributed by atoms with Crippen molar-refractivity contribution in [1.29, 1.82) is 0 Å². The Balaban J connectivity index is 1.48. The largest absolute Gasteiger partial charge is 0.0570 e. The molecule has 6 bridgehead atoms. The van der Waals surface area contributed by atoms with Crippen LogP contribution >= 0.6 is 15.9 Å². The average Bonchev–Trinajstić information content (AvgIpc) is 3.03. The van der Waals surface area contributed by atoms with Crippen molar-refractivity contribution in [2.45, 2.75) is 83.0 Å². The predicted molar refractivity (Wildman–Crippen MR) is 134 cm³/mol. The predicted octanol–water partition coefficient (Wildman–Crippen LogP) is 8.90. The molecule has 0 spiro atoms. The molecule has 10 aliphatic carbocycles. The SMILES string of the molecule is Brc1ccc(C2C3=C(C4=C(C5=C2C2CCC5CC2)C2CCC4CC2)C2CCC3CC2)cc1. The van der Waals surface area contributed by atoms with E-state index in [0.717, 1.165) is 35.5 Å². The highest BCUT2D eigenvalue weighted by molar-refractivity contribution is 9.10. The molecule has 1 heteroatoms. The summed E-state index contributed by atoms with van der Waals surface area (Å²) in [6.45, 7) is 0. The van der Waals surface area contributed by atoms with Crippen LogP contribution in [0.5, 0.6) is 0 Å². The van der Waals surface area contributed by atoms with Gasteiger partial charge in [0.1, 0.15) is 0 Å². The second kappa shape index (κ2) is 6.97. The van der Waals surface area contributed by atoms with E-state index in [1.807, 2.05) is 33.4 Å². The van der Waals surface area contributed by atoms with Crippen LogP contribution in [0.25, 0.3) is 0 Å². The Bertz CT molecular complexity index is 994. The van der Waals surface area contributed by atoms with Crippen LogP contribution in [0.2, 0.25) is 0 Å². The number of rotatable bonds is 1. The van der Waals surface area contributed by atoms with E-state index in [1.165, 1.54) is 81.5 Å². The molecule has 0 aliphatic heterocycles. The molecule has 3 saturated carbocycles. The Morgan fingerprint density at radius 3 is 1.19 bits per heavy atom. The number of halogens is 1. The molecule has 0 aromatic heterocycles. The molecular weight excluding hydrogens is 452 g/mol. The van der Waals surface area contributed by atoms with Gasteiger partial charge in [0.15, 0.2) is 0 Å². The van der Waals surface area contributed by atoms with Gasteiger partial charge in [-0.2, -0.15) is 0 Å². The van der Waals surface area contributed by atoms with Gasteiger partial charge < -0.3 is 0 Å². The van der Waals surface area contributed by atoms with E-state index < -0.39 is 0 Å². The smallest absolute Gasteiger partial charge is 0.0275 e. The molecule has 11 rings (SSSR count). The van der Waals surface area contributed by atoms with E-state index in [0.29, 0.717) is 5.92 Å². The zero-order valence-corrected chi connectivity index (χ0v) is 20.8. The number of hydrogen-bond acceptors (Lipinski definition) is 0. The molecule has 0 atom stereocenters. The van der Waals surface area contributed by atoms with E-state index in [2.05, 4.69) is 40.2 Å². The quantitative estimate of drug-likeness (QED) is 0.371. The first kappa shape index (κ1) is 19.2. The molecule has 1 aromatic carbocycles. The highest BCUT2D eigenvalue weighted by Crippen LogP contribution is 2.66. The molecule has 166 valence electrons. The van der Waals surface area contributed by atoms with Gasteiger partial charge in [0, 0.05) is 10.4 Å². The summed E-state index contributed by atoms with van der Waals surface area (Å²) in [5.41, 5.74) is 13.4. The van der Waals surface area contributed by atoms with Gasteiger partial charge in [0.05, 0.1) is 0 Å². The third-order valence-electron chi connectivity index (χ3n) is 11.0. The van der Waals surface area contributed by atoms with Gasteiger partial charge in [-0.25, -0.2) is 0 Å². The molecule has 3 fully saturated rings. The topological polar surface area (TPSA) is 0 Å². The molecule has 10 aliphatic rings. The monoisotopic (exact) mass is 486 g/mol. The lowest BCUT2D eigenvalue weighted by molar-refractivity contribution is 0.260. The molecule has 0 radical (unpaired) electrons. The molecule has 0 nitrogen and oxygen atoms in total. The first-order valence-corrected chi connectivity index (χ1v) is 14.6. The van der Waals surface area contributed by atoms with Crippen molar-refractivity contribution in [3.8, 4) is 0 Å². The zero-order chi connectivity index (χ0) is 21.0. The first-order valence-electron chi connectivity index (χ1n) is 13.8. The summed E-state index contributed by atoms with van der Waals surface area (Å²) in [7, 11) is 0. The third-order valence-corrected chi connectivity index (χ3v) is 11.5. The molecule has 32 heavy (non-hydrogen) atoms. The summed E-state index contributed by atoms with van der Waals surface area (Å²) >= 11 is 3.73. The zero-order valence-electron chi connectivity index (χ0n) is 19.2. The Kier molecular flexibility index (Phi) is 4.19. The van der Waals surface area contributed by atoms with Gasteiger partial charge in [-0.15, -0.1) is 0 Å². The van der Waals surface area contributed by atoms with Crippen molar-refractivity contribution in [2.24, 2.45) is 35.5 Å². The van der Waals surface area contributed by atoms with Gasteiger partial charge in [-0.3, -0.25) is 0 Å². The highest BCUT2D eigenvalue weighted by atomic mass is 79.9. The summed E-state index contributed by atoms with van der Waals surface area (Å²) in [5.74, 6) is 5.82. The minimum Gasteiger partial charge on any atom is -0.0570 e. The minimum absolute atomic E-state index is 0.597. The van der Waals surface area contributed by atoms with Gasteiger partial charge in [0.2, 0.25) is 0 Å². The average molecular weight is 488 g/mol. The Morgan fingerprint density at radius 1 is 0.438 bits per heavy atom. The second-order valence-electron chi connectivity index (χ2n) is 12.2. The van der Waals surface area contributed by atoms with Crippen molar-refractivity contribution < 1.29 is 0 Å². The van der Waals surface area contributed by atoms with Gasteiger partial charge in [-0.05, 0) is 153 Å². The normalized spacial score (nSPS) is 41.6. The number of hydrogen-bond donors (Lipinski definition) is 0. The van der Waals surface area contributed by atoms with Crippen LogP contribution in [0.4, 0.5) is 0 Å². The highest BCUT2D eigenvalue weighted by Gasteiger charge is 2.52. The molecule has 0 saturated heterocycles. The lowest BCUT2D eigenvalue weighted by Crippen LogP contribution is -2.35. The summed E-state index contributed by atoms with van der Waals surface area (Å²) < 4.78 is 1.23. The maximum absolute atomic E-state index is 3.73. The van der Waals surface area contributed by atoms with Crippen molar-refractivity contribution in [3.63, 3.8) is 0 Å². The maximum atomic E-state index is 3.73. The molecule has 0 heterocycles. The summed E-state index contributed by atoms with van der Waals surface area (Å²) in [4.78, 5) is 0. The fourth-order valence-electron chi connectivity index (χ4n) is 9.85. The Morgan fingerprint density at radius 2 is 0.781 bits per heavy atom. The van der Waals surface area contributed by atoms with E-state index in [9.17, 15) is 0 Å². The molecule has 0 amide bonds. The van der Waals surface area contributed by atoms with Crippen LogP contribution < -0.4 is 0 Å². The van der Waals surface area contributed by atoms with E-state index >= 15 is 0 Å². The van der Waals surface area contributed by atoms with Crippen molar-refractivity contribution >= 4 is 15.9 Å². The van der Waals surface area contributed by atoms with E-state index in [-0.39, 0.29) is 0 Å². The fourth-order valence-corrected chi connectivity index (χ4v) is 10.1. The number of allylic oxidation sites excluding steroid dienone is 6. The van der Waals surface area contributed by atoms with Crippen LogP contribution in [0.1, 0.15) is 88.5 Å². The number of benzene rings is 1.